The predicted molar refractivity (Wildman–Crippen MR) is 90.3 cm³/mol. The van der Waals surface area contributed by atoms with Crippen LogP contribution >= 0.6 is 0 Å². The first-order valence-electron chi connectivity index (χ1n) is 7.85. The minimum absolute atomic E-state index is 0.279. The number of anilines is 1. The van der Waals surface area contributed by atoms with Gasteiger partial charge in [-0.25, -0.2) is 4.79 Å². The van der Waals surface area contributed by atoms with Crippen molar-refractivity contribution in [3.8, 4) is 0 Å². The number of rotatable bonds is 9. The van der Waals surface area contributed by atoms with E-state index < -0.39 is 5.97 Å². The molecule has 1 aliphatic rings. The van der Waals surface area contributed by atoms with Crippen molar-refractivity contribution < 1.29 is 14.6 Å². The monoisotopic (exact) mass is 320 g/mol. The maximum absolute atomic E-state index is 10.7. The molecule has 0 bridgehead atoms. The van der Waals surface area contributed by atoms with Crippen LogP contribution in [-0.2, 0) is 4.74 Å². The smallest absolute Gasteiger partial charge is 0.335 e. The fourth-order valence-electron chi connectivity index (χ4n) is 2.27. The van der Waals surface area contributed by atoms with Crippen molar-refractivity contribution in [2.45, 2.75) is 6.42 Å². The Bertz CT molecular complexity index is 499. The molecule has 2 rings (SSSR count). The van der Waals surface area contributed by atoms with Gasteiger partial charge in [0.15, 0.2) is 0 Å². The number of morpholine rings is 1. The first-order valence-corrected chi connectivity index (χ1v) is 7.85. The fourth-order valence-corrected chi connectivity index (χ4v) is 2.27. The highest BCUT2D eigenvalue weighted by Crippen LogP contribution is 2.08. The normalized spacial score (nSPS) is 15.7. The van der Waals surface area contributed by atoms with Crippen molar-refractivity contribution >= 4 is 18.0 Å². The summed E-state index contributed by atoms with van der Waals surface area (Å²) in [6.07, 6.45) is 2.79. The molecule has 1 saturated heterocycles. The quantitative estimate of drug-likeness (QED) is 0.359. The molecule has 1 fully saturated rings. The van der Waals surface area contributed by atoms with E-state index in [0.717, 1.165) is 51.5 Å². The molecule has 23 heavy (non-hydrogen) atoms. The Kier molecular flexibility index (Phi) is 7.35. The maximum Gasteiger partial charge on any atom is 0.335 e. The van der Waals surface area contributed by atoms with Gasteiger partial charge in [0, 0.05) is 25.3 Å². The van der Waals surface area contributed by atoms with Gasteiger partial charge < -0.3 is 20.5 Å². The van der Waals surface area contributed by atoms with Gasteiger partial charge in [-0.2, -0.15) is 0 Å². The minimum atomic E-state index is -0.921. The molecule has 126 valence electrons. The number of carboxylic acids is 1. The summed E-state index contributed by atoms with van der Waals surface area (Å²) in [5.41, 5.74) is 1.13. The van der Waals surface area contributed by atoms with E-state index >= 15 is 0 Å². The van der Waals surface area contributed by atoms with Crippen LogP contribution in [0, 0.1) is 0 Å². The molecule has 1 aromatic carbocycles. The highest BCUT2D eigenvalue weighted by atomic mass is 16.5. The Hall–Kier alpha value is -2.12. The lowest BCUT2D eigenvalue weighted by Gasteiger charge is -2.26. The first kappa shape index (κ1) is 17.2. The van der Waals surface area contributed by atoms with E-state index in [1.165, 1.54) is 0 Å². The zero-order valence-corrected chi connectivity index (χ0v) is 13.2. The summed E-state index contributed by atoms with van der Waals surface area (Å²) < 4.78 is 5.31. The van der Waals surface area contributed by atoms with Gasteiger partial charge in [0.05, 0.1) is 25.1 Å². The SMILES string of the molecule is O=C(O)c1ccc(NCN=CNCCCN2CCOCC2)cc1. The van der Waals surface area contributed by atoms with Gasteiger partial charge in [-0.15, -0.1) is 0 Å². The van der Waals surface area contributed by atoms with Crippen LogP contribution in [0.2, 0.25) is 0 Å². The first-order chi connectivity index (χ1) is 11.3. The van der Waals surface area contributed by atoms with Gasteiger partial charge in [-0.05, 0) is 37.2 Å². The summed E-state index contributed by atoms with van der Waals surface area (Å²) in [6.45, 7) is 6.16. The zero-order chi connectivity index (χ0) is 16.3. The van der Waals surface area contributed by atoms with Crippen LogP contribution in [0.5, 0.6) is 0 Å². The van der Waals surface area contributed by atoms with Crippen LogP contribution in [0.25, 0.3) is 0 Å². The summed E-state index contributed by atoms with van der Waals surface area (Å²) in [5.74, 6) is -0.921. The molecular formula is C16H24N4O3. The number of hydrogen-bond donors (Lipinski definition) is 3. The topological polar surface area (TPSA) is 86.2 Å². The Morgan fingerprint density at radius 1 is 1.30 bits per heavy atom. The van der Waals surface area contributed by atoms with E-state index in [1.807, 2.05) is 0 Å². The third-order valence-electron chi connectivity index (χ3n) is 3.59. The van der Waals surface area contributed by atoms with E-state index in [1.54, 1.807) is 30.6 Å². The average Bonchev–Trinajstić information content (AvgIpc) is 2.58. The molecule has 0 aromatic heterocycles. The number of carboxylic acid groups (broad SMARTS) is 1. The molecule has 3 N–H and O–H groups in total. The van der Waals surface area contributed by atoms with Crippen molar-refractivity contribution in [1.82, 2.24) is 10.2 Å². The summed E-state index contributed by atoms with van der Waals surface area (Å²) in [4.78, 5) is 17.4. The highest BCUT2D eigenvalue weighted by molar-refractivity contribution is 5.87. The Morgan fingerprint density at radius 3 is 2.74 bits per heavy atom. The van der Waals surface area contributed by atoms with E-state index in [-0.39, 0.29) is 5.56 Å². The maximum atomic E-state index is 10.7. The van der Waals surface area contributed by atoms with Gasteiger partial charge >= 0.3 is 5.97 Å². The molecule has 0 atom stereocenters. The molecule has 0 spiro atoms. The van der Waals surface area contributed by atoms with Crippen LogP contribution in [0.1, 0.15) is 16.8 Å². The van der Waals surface area contributed by atoms with Crippen LogP contribution in [0.15, 0.2) is 29.3 Å². The van der Waals surface area contributed by atoms with Gasteiger partial charge in [-0.3, -0.25) is 9.89 Å². The number of aliphatic imine (C=N–C) groups is 1. The largest absolute Gasteiger partial charge is 0.478 e. The van der Waals surface area contributed by atoms with Crippen molar-refractivity contribution in [3.63, 3.8) is 0 Å². The molecule has 0 saturated carbocycles. The van der Waals surface area contributed by atoms with Gasteiger partial charge in [0.1, 0.15) is 6.67 Å². The summed E-state index contributed by atoms with van der Waals surface area (Å²) in [6, 6.07) is 6.60. The van der Waals surface area contributed by atoms with Crippen molar-refractivity contribution in [2.24, 2.45) is 4.99 Å². The van der Waals surface area contributed by atoms with Crippen LogP contribution in [-0.4, -0.2) is 68.4 Å². The molecule has 0 amide bonds. The second-order valence-electron chi connectivity index (χ2n) is 5.29. The van der Waals surface area contributed by atoms with Gasteiger partial charge in [0.2, 0.25) is 0 Å². The number of ether oxygens (including phenoxy) is 1. The van der Waals surface area contributed by atoms with Crippen LogP contribution < -0.4 is 10.6 Å². The summed E-state index contributed by atoms with van der Waals surface area (Å²) in [7, 11) is 0. The number of nitrogens with zero attached hydrogens (tertiary/aromatic N) is 2. The number of hydrogen-bond acceptors (Lipinski definition) is 5. The second-order valence-corrected chi connectivity index (χ2v) is 5.29. The molecular weight excluding hydrogens is 296 g/mol. The second kappa shape index (κ2) is 9.81. The van der Waals surface area contributed by atoms with Crippen molar-refractivity contribution in [2.75, 3.05) is 51.4 Å². The van der Waals surface area contributed by atoms with Crippen molar-refractivity contribution in [1.29, 1.82) is 0 Å². The number of carbonyl (C=O) groups is 1. The molecule has 0 aliphatic carbocycles. The van der Waals surface area contributed by atoms with E-state index in [0.29, 0.717) is 6.67 Å². The van der Waals surface area contributed by atoms with E-state index in [9.17, 15) is 4.79 Å². The number of nitrogens with one attached hydrogen (secondary N) is 2. The third-order valence-corrected chi connectivity index (χ3v) is 3.59. The van der Waals surface area contributed by atoms with Gasteiger partial charge in [-0.1, -0.05) is 0 Å². The lowest BCUT2D eigenvalue weighted by molar-refractivity contribution is 0.0376. The lowest BCUT2D eigenvalue weighted by Crippen LogP contribution is -2.37. The minimum Gasteiger partial charge on any atom is -0.478 e. The zero-order valence-electron chi connectivity index (χ0n) is 13.2. The highest BCUT2D eigenvalue weighted by Gasteiger charge is 2.08. The molecule has 7 nitrogen and oxygen atoms in total. The lowest BCUT2D eigenvalue weighted by atomic mass is 10.2. The summed E-state index contributed by atoms with van der Waals surface area (Å²) in [5, 5.41) is 15.1. The molecule has 1 heterocycles. The summed E-state index contributed by atoms with van der Waals surface area (Å²) >= 11 is 0. The van der Waals surface area contributed by atoms with Crippen LogP contribution in [0.4, 0.5) is 5.69 Å². The number of aromatic carboxylic acids is 1. The van der Waals surface area contributed by atoms with E-state index in [2.05, 4.69) is 20.5 Å². The molecule has 1 aromatic rings. The van der Waals surface area contributed by atoms with Crippen LogP contribution in [0.3, 0.4) is 0 Å². The standard InChI is InChI=1S/C16H24N4O3/c21-16(22)14-2-4-15(5-3-14)19-13-18-12-17-6-1-7-20-8-10-23-11-9-20/h2-5,12,19H,1,6-11,13H2,(H,17,18)(H,21,22). The van der Waals surface area contributed by atoms with Crippen molar-refractivity contribution in [3.05, 3.63) is 29.8 Å². The number of benzene rings is 1. The third kappa shape index (κ3) is 6.66. The molecule has 0 radical (unpaired) electrons. The fraction of sp³-hybridized carbons (Fsp3) is 0.500. The average molecular weight is 320 g/mol. The Morgan fingerprint density at radius 2 is 2.04 bits per heavy atom. The molecule has 0 unspecified atom stereocenters. The Balaban J connectivity index is 1.52. The molecule has 7 heteroatoms. The Labute approximate surface area is 136 Å². The predicted octanol–water partition coefficient (Wildman–Crippen LogP) is 1.09. The van der Waals surface area contributed by atoms with Gasteiger partial charge in [0.25, 0.3) is 0 Å². The molecule has 1 aliphatic heterocycles. The van der Waals surface area contributed by atoms with E-state index in [4.69, 9.17) is 9.84 Å².